The van der Waals surface area contributed by atoms with Crippen LogP contribution in [0.1, 0.15) is 51.5 Å². The fourth-order valence-corrected chi connectivity index (χ4v) is 9.41. The Kier molecular flexibility index (Phi) is 7.46. The number of aliphatic hydroxyl groups excluding tert-OH is 1. The zero-order valence-electron chi connectivity index (χ0n) is 25.1. The third-order valence-corrected chi connectivity index (χ3v) is 10.8. The fraction of sp³-hybridized carbons (Fsp3) is 0.559. The molecule has 1 aromatic rings. The van der Waals surface area contributed by atoms with Gasteiger partial charge in [-0.05, 0) is 36.1 Å². The molecule has 2 bridgehead atoms. The summed E-state index contributed by atoms with van der Waals surface area (Å²) in [5.41, 5.74) is -1.42. The molecule has 2 saturated heterocycles. The first-order chi connectivity index (χ1) is 20.4. The molecule has 232 valence electrons. The summed E-state index contributed by atoms with van der Waals surface area (Å²) in [6.45, 7) is 11.6. The van der Waals surface area contributed by atoms with Crippen LogP contribution in [0.25, 0.3) is 5.76 Å². The highest BCUT2D eigenvalue weighted by atomic mass is 19.4. The Labute approximate surface area is 251 Å². The molecule has 43 heavy (non-hydrogen) atoms. The highest BCUT2D eigenvalue weighted by Gasteiger charge is 2.71. The smallest absolute Gasteiger partial charge is 0.425 e. The minimum atomic E-state index is -5.11. The number of allylic oxidation sites excluding steroid dienone is 1. The fourth-order valence-electron chi connectivity index (χ4n) is 9.41. The maximum atomic E-state index is 14.3. The first-order valence-corrected chi connectivity index (χ1v) is 15.4. The zero-order chi connectivity index (χ0) is 30.8. The number of ether oxygens (including phenoxy) is 2. The largest absolute Gasteiger partial charge is 0.506 e. The summed E-state index contributed by atoms with van der Waals surface area (Å²) in [4.78, 5) is 13.5. The van der Waals surface area contributed by atoms with Gasteiger partial charge in [-0.3, -0.25) is 4.79 Å². The van der Waals surface area contributed by atoms with E-state index in [1.807, 2.05) is 6.08 Å². The highest BCUT2D eigenvalue weighted by Crippen LogP contribution is 2.67. The molecular formula is C34H42F3N2O4+. The van der Waals surface area contributed by atoms with Crippen molar-refractivity contribution >= 4 is 11.7 Å². The van der Waals surface area contributed by atoms with Crippen LogP contribution in [0, 0.1) is 17.3 Å². The number of likely N-dealkylation sites (tertiary alicyclic amines) is 1. The number of carbonyl (C=O) groups is 1. The number of benzene rings is 1. The molecule has 6 rings (SSSR count). The Morgan fingerprint density at radius 3 is 2.67 bits per heavy atom. The number of halogens is 3. The van der Waals surface area contributed by atoms with Crippen molar-refractivity contribution in [3.8, 4) is 0 Å². The van der Waals surface area contributed by atoms with Gasteiger partial charge in [-0.15, -0.1) is 0 Å². The summed E-state index contributed by atoms with van der Waals surface area (Å²) >= 11 is 0. The summed E-state index contributed by atoms with van der Waals surface area (Å²) in [7, 11) is 1.38. The van der Waals surface area contributed by atoms with Crippen LogP contribution in [0.5, 0.6) is 0 Å². The van der Waals surface area contributed by atoms with Crippen LogP contribution in [-0.2, 0) is 14.3 Å². The van der Waals surface area contributed by atoms with Gasteiger partial charge in [0.2, 0.25) is 0 Å². The van der Waals surface area contributed by atoms with Gasteiger partial charge in [-0.25, -0.2) is 0 Å². The van der Waals surface area contributed by atoms with Crippen molar-refractivity contribution in [3.05, 3.63) is 77.4 Å². The third-order valence-electron chi connectivity index (χ3n) is 10.8. The predicted octanol–water partition coefficient (Wildman–Crippen LogP) is 6.23. The molecule has 2 heterocycles. The van der Waals surface area contributed by atoms with E-state index in [-0.39, 0.29) is 17.1 Å². The molecule has 1 saturated carbocycles. The molecule has 6 nitrogen and oxygen atoms in total. The molecule has 2 aliphatic heterocycles. The first-order valence-electron chi connectivity index (χ1n) is 15.4. The molecule has 0 radical (unpaired) electrons. The van der Waals surface area contributed by atoms with Gasteiger partial charge in [-0.2, -0.15) is 13.2 Å². The molecule has 2 N–H and O–H groups in total. The molecule has 5 aliphatic rings. The van der Waals surface area contributed by atoms with Gasteiger partial charge >= 0.3 is 6.18 Å². The Bertz CT molecular complexity index is 1390. The van der Waals surface area contributed by atoms with E-state index in [0.717, 1.165) is 67.4 Å². The average molecular weight is 600 g/mol. The van der Waals surface area contributed by atoms with Crippen molar-refractivity contribution < 1.29 is 37.0 Å². The van der Waals surface area contributed by atoms with E-state index in [1.54, 1.807) is 12.1 Å². The van der Waals surface area contributed by atoms with Crippen LogP contribution in [0.15, 0.2) is 71.9 Å². The second-order valence-electron chi connectivity index (χ2n) is 13.4. The molecule has 3 fully saturated rings. The van der Waals surface area contributed by atoms with E-state index in [2.05, 4.69) is 31.8 Å². The van der Waals surface area contributed by atoms with Crippen molar-refractivity contribution in [2.45, 2.75) is 76.1 Å². The van der Waals surface area contributed by atoms with E-state index in [9.17, 15) is 23.1 Å². The molecule has 1 spiro atoms. The van der Waals surface area contributed by atoms with Crippen LogP contribution in [0.2, 0.25) is 0 Å². The number of carbonyl (C=O) groups excluding carboxylic acids is 1. The van der Waals surface area contributed by atoms with E-state index in [1.165, 1.54) is 31.4 Å². The number of methoxy groups -OCH3 is 1. The van der Waals surface area contributed by atoms with Crippen LogP contribution < -0.4 is 5.32 Å². The minimum absolute atomic E-state index is 0.101. The quantitative estimate of drug-likeness (QED) is 0.122. The number of quaternary nitrogens is 1. The topological polar surface area (TPSA) is 67.8 Å². The maximum Gasteiger partial charge on any atom is 0.425 e. The lowest BCUT2D eigenvalue weighted by Crippen LogP contribution is -2.71. The van der Waals surface area contributed by atoms with Crippen molar-refractivity contribution in [2.75, 3.05) is 26.7 Å². The van der Waals surface area contributed by atoms with E-state index >= 15 is 0 Å². The number of alkyl halides is 3. The van der Waals surface area contributed by atoms with Crippen LogP contribution in [-0.4, -0.2) is 72.4 Å². The molecule has 1 aromatic carbocycles. The second kappa shape index (κ2) is 10.6. The lowest BCUT2D eigenvalue weighted by atomic mass is 9.50. The van der Waals surface area contributed by atoms with E-state index in [0.29, 0.717) is 17.9 Å². The van der Waals surface area contributed by atoms with Gasteiger partial charge in [0.15, 0.2) is 11.3 Å². The van der Waals surface area contributed by atoms with Gasteiger partial charge in [0.05, 0.1) is 31.8 Å². The first kappa shape index (κ1) is 30.2. The Balaban J connectivity index is 1.41. The number of hydrogen-bond acceptors (Lipinski definition) is 4. The number of aliphatic hydroxyl groups is 1. The van der Waals surface area contributed by atoms with Crippen LogP contribution in [0.4, 0.5) is 13.2 Å². The van der Waals surface area contributed by atoms with Crippen molar-refractivity contribution in [1.82, 2.24) is 5.32 Å². The van der Waals surface area contributed by atoms with Crippen molar-refractivity contribution in [3.63, 3.8) is 0 Å². The molecule has 1 amide bonds. The molecule has 3 unspecified atom stereocenters. The van der Waals surface area contributed by atoms with Gasteiger partial charge in [0, 0.05) is 42.8 Å². The predicted molar refractivity (Wildman–Crippen MR) is 157 cm³/mol. The Morgan fingerprint density at radius 2 is 2.02 bits per heavy atom. The van der Waals surface area contributed by atoms with E-state index < -0.39 is 35.2 Å². The SMILES string of the molecule is C=CC[N+]1(CC(C)C)CC[C@]23C4=C5C=CC(NC(=O)C(=C(O)c6ccccc6)C(F)(F)F)(OC)C4O[C@H]2CCC[C@H]3[C@H]1C5. The summed E-state index contributed by atoms with van der Waals surface area (Å²) in [6.07, 6.45) is 4.39. The highest BCUT2D eigenvalue weighted by molar-refractivity contribution is 6.01. The standard InChI is InChI=1S/C34H41F3N2O4/c1-5-17-39(20-21(2)3)18-16-32-24-12-9-13-26(32)43-30-27(32)23(19-25(24)39)14-15-33(30,42-4)38-31(41)28(34(35,36)37)29(40)22-10-7-6-8-11-22/h5-8,10-11,14-15,21,24-26,30H,1,9,12-13,16-20H2,2-4H3,(H-,38,40,41)/p+1/t24-,25+,26-,30?,32+,33?,39?/m0/s1. The average Bonchev–Trinajstić information content (AvgIpc) is 3.31. The number of amides is 1. The monoisotopic (exact) mass is 599 g/mol. The normalized spacial score (nSPS) is 36.7. The second-order valence-corrected chi connectivity index (χ2v) is 13.4. The molecular weight excluding hydrogens is 557 g/mol. The lowest BCUT2D eigenvalue weighted by molar-refractivity contribution is -0.960. The molecule has 3 aliphatic carbocycles. The lowest BCUT2D eigenvalue weighted by Gasteiger charge is -2.63. The van der Waals surface area contributed by atoms with Gasteiger partial charge in [-0.1, -0.05) is 63.3 Å². The third kappa shape index (κ3) is 4.53. The van der Waals surface area contributed by atoms with Crippen LogP contribution >= 0.6 is 0 Å². The molecule has 7 atom stereocenters. The van der Waals surface area contributed by atoms with Crippen LogP contribution in [0.3, 0.4) is 0 Å². The summed E-state index contributed by atoms with van der Waals surface area (Å²) < 4.78 is 56.7. The Hall–Kier alpha value is -2.88. The summed E-state index contributed by atoms with van der Waals surface area (Å²) in [6, 6.07) is 7.67. The molecule has 0 aromatic heterocycles. The zero-order valence-corrected chi connectivity index (χ0v) is 25.1. The summed E-state index contributed by atoms with van der Waals surface area (Å²) in [5, 5.41) is 13.2. The maximum absolute atomic E-state index is 14.3. The van der Waals surface area contributed by atoms with Crippen molar-refractivity contribution in [1.29, 1.82) is 0 Å². The molecule has 9 heteroatoms. The number of piperidine rings is 1. The van der Waals surface area contributed by atoms with Crippen molar-refractivity contribution in [2.24, 2.45) is 17.3 Å². The van der Waals surface area contributed by atoms with Gasteiger partial charge in [0.1, 0.15) is 11.9 Å². The Morgan fingerprint density at radius 1 is 1.28 bits per heavy atom. The summed E-state index contributed by atoms with van der Waals surface area (Å²) in [5.74, 6) is -1.71. The minimum Gasteiger partial charge on any atom is -0.506 e. The number of nitrogens with zero attached hydrogens (tertiary/aromatic N) is 1. The van der Waals surface area contributed by atoms with E-state index in [4.69, 9.17) is 9.47 Å². The van der Waals surface area contributed by atoms with Gasteiger partial charge < -0.3 is 24.4 Å². The number of hydrogen-bond donors (Lipinski definition) is 2. The van der Waals surface area contributed by atoms with Gasteiger partial charge in [0.25, 0.3) is 5.91 Å². The number of rotatable bonds is 8. The number of nitrogens with one attached hydrogen (secondary N) is 1.